The average molecular weight is 282 g/mol. The third-order valence-corrected chi connectivity index (χ3v) is 3.82. The maximum atomic E-state index is 8.00. The Morgan fingerprint density at radius 2 is 1.17 bits per heavy atom. The molecule has 18 heavy (non-hydrogen) atoms. The first-order valence-corrected chi connectivity index (χ1v) is 7.83. The molecule has 1 nitrogen and oxygen atoms in total. The van der Waals surface area contributed by atoms with Gasteiger partial charge in [0, 0.05) is 0 Å². The van der Waals surface area contributed by atoms with Crippen LogP contribution in [-0.4, -0.2) is 6.79 Å². The molecule has 0 amide bonds. The molecule has 0 N–H and O–H groups in total. The molecule has 0 fully saturated rings. The molecule has 0 unspecified atom stereocenters. The van der Waals surface area contributed by atoms with Crippen LogP contribution >= 0.6 is 22.7 Å². The van der Waals surface area contributed by atoms with Crippen LogP contribution in [0.2, 0.25) is 0 Å². The molecule has 3 heteroatoms. The Hall–Kier alpha value is -0.930. The second-order valence-electron chi connectivity index (χ2n) is 4.42. The van der Waals surface area contributed by atoms with E-state index in [4.69, 9.17) is 4.79 Å². The van der Waals surface area contributed by atoms with Crippen molar-refractivity contribution in [3.8, 4) is 0 Å². The standard InChI is InChI=1S/2C7H10S.CH2O/c2*1-6(2)7-3-4-8-5-7;1-2/h2*3-6H,1-2H3;1H2. The highest BCUT2D eigenvalue weighted by atomic mass is 32.1. The maximum absolute atomic E-state index is 8.00. The highest BCUT2D eigenvalue weighted by molar-refractivity contribution is 7.08. The lowest BCUT2D eigenvalue weighted by molar-refractivity contribution is -0.0979. The van der Waals surface area contributed by atoms with Crippen molar-refractivity contribution >= 4 is 29.5 Å². The Kier molecular flexibility index (Phi) is 9.52. The van der Waals surface area contributed by atoms with Gasteiger partial charge in [0.15, 0.2) is 0 Å². The summed E-state index contributed by atoms with van der Waals surface area (Å²) in [6, 6.07) is 4.35. The van der Waals surface area contributed by atoms with Crippen LogP contribution in [0.5, 0.6) is 0 Å². The Balaban J connectivity index is 0.000000283. The highest BCUT2D eigenvalue weighted by Crippen LogP contribution is 2.16. The summed E-state index contributed by atoms with van der Waals surface area (Å²) in [6.07, 6.45) is 0. The molecule has 0 saturated carbocycles. The van der Waals surface area contributed by atoms with Crippen LogP contribution in [0.15, 0.2) is 33.7 Å². The van der Waals surface area contributed by atoms with Crippen molar-refractivity contribution < 1.29 is 4.79 Å². The molecule has 0 aliphatic rings. The number of carbonyl (C=O) groups is 1. The van der Waals surface area contributed by atoms with E-state index < -0.39 is 0 Å². The van der Waals surface area contributed by atoms with Gasteiger partial charge in [-0.25, -0.2) is 0 Å². The zero-order valence-corrected chi connectivity index (χ0v) is 13.2. The Labute approximate surface area is 118 Å². The van der Waals surface area contributed by atoms with Crippen molar-refractivity contribution in [2.24, 2.45) is 0 Å². The molecule has 2 aromatic heterocycles. The van der Waals surface area contributed by atoms with Crippen LogP contribution in [0.3, 0.4) is 0 Å². The van der Waals surface area contributed by atoms with Crippen molar-refractivity contribution in [1.82, 2.24) is 0 Å². The lowest BCUT2D eigenvalue weighted by Crippen LogP contribution is -1.79. The van der Waals surface area contributed by atoms with E-state index in [1.165, 1.54) is 11.1 Å². The van der Waals surface area contributed by atoms with E-state index in [0.29, 0.717) is 11.8 Å². The Bertz CT molecular complexity index is 336. The maximum Gasteiger partial charge on any atom is 0.106 e. The molecule has 0 aliphatic carbocycles. The lowest BCUT2D eigenvalue weighted by atomic mass is 10.1. The van der Waals surface area contributed by atoms with Crippen LogP contribution in [-0.2, 0) is 4.79 Å². The zero-order chi connectivity index (χ0) is 14.0. The van der Waals surface area contributed by atoms with Crippen molar-refractivity contribution in [3.05, 3.63) is 44.8 Å². The number of thiophene rings is 2. The summed E-state index contributed by atoms with van der Waals surface area (Å²) in [5, 5.41) is 8.64. The van der Waals surface area contributed by atoms with Gasteiger partial charge in [-0.05, 0) is 56.6 Å². The summed E-state index contributed by atoms with van der Waals surface area (Å²) in [5.74, 6) is 1.39. The molecular formula is C15H22OS2. The fourth-order valence-electron chi connectivity index (χ4n) is 1.21. The number of hydrogen-bond donors (Lipinski definition) is 0. The van der Waals surface area contributed by atoms with E-state index in [1.54, 1.807) is 22.7 Å². The van der Waals surface area contributed by atoms with E-state index in [-0.39, 0.29) is 0 Å². The second-order valence-corrected chi connectivity index (χ2v) is 5.98. The van der Waals surface area contributed by atoms with E-state index in [0.717, 1.165) is 0 Å². The minimum Gasteiger partial charge on any atom is -0.307 e. The summed E-state index contributed by atoms with van der Waals surface area (Å²) in [6.45, 7) is 10.8. The van der Waals surface area contributed by atoms with Gasteiger partial charge < -0.3 is 4.79 Å². The first-order valence-electron chi connectivity index (χ1n) is 5.94. The van der Waals surface area contributed by atoms with Crippen LogP contribution in [0.4, 0.5) is 0 Å². The molecule has 0 radical (unpaired) electrons. The molecule has 0 bridgehead atoms. The molecule has 0 spiro atoms. The van der Waals surface area contributed by atoms with Crippen molar-refractivity contribution in [1.29, 1.82) is 0 Å². The molecule has 0 aromatic carbocycles. The van der Waals surface area contributed by atoms with E-state index in [9.17, 15) is 0 Å². The van der Waals surface area contributed by atoms with Crippen molar-refractivity contribution in [2.45, 2.75) is 39.5 Å². The largest absolute Gasteiger partial charge is 0.307 e. The minimum absolute atomic E-state index is 0.696. The molecule has 100 valence electrons. The van der Waals surface area contributed by atoms with Crippen LogP contribution in [0.25, 0.3) is 0 Å². The minimum atomic E-state index is 0.696. The van der Waals surface area contributed by atoms with Crippen LogP contribution in [0.1, 0.15) is 50.7 Å². The zero-order valence-electron chi connectivity index (χ0n) is 11.6. The van der Waals surface area contributed by atoms with Gasteiger partial charge in [-0.3, -0.25) is 0 Å². The number of hydrogen-bond acceptors (Lipinski definition) is 3. The van der Waals surface area contributed by atoms with Crippen molar-refractivity contribution in [2.75, 3.05) is 0 Å². The van der Waals surface area contributed by atoms with Gasteiger partial charge in [0.2, 0.25) is 0 Å². The summed E-state index contributed by atoms with van der Waals surface area (Å²) < 4.78 is 0. The average Bonchev–Trinajstić information content (AvgIpc) is 3.06. The fraction of sp³-hybridized carbons (Fsp3) is 0.400. The topological polar surface area (TPSA) is 17.1 Å². The Morgan fingerprint density at radius 1 is 0.833 bits per heavy atom. The second kappa shape index (κ2) is 10.0. The van der Waals surface area contributed by atoms with Gasteiger partial charge in [0.05, 0.1) is 0 Å². The summed E-state index contributed by atoms with van der Waals surface area (Å²) in [4.78, 5) is 8.00. The summed E-state index contributed by atoms with van der Waals surface area (Å²) in [7, 11) is 0. The van der Waals surface area contributed by atoms with Crippen LogP contribution in [0, 0.1) is 0 Å². The molecule has 2 heterocycles. The van der Waals surface area contributed by atoms with Gasteiger partial charge >= 0.3 is 0 Å². The normalized spacial score (nSPS) is 9.44. The lowest BCUT2D eigenvalue weighted by Gasteiger charge is -1.96. The smallest absolute Gasteiger partial charge is 0.106 e. The van der Waals surface area contributed by atoms with Gasteiger partial charge in [-0.1, -0.05) is 27.7 Å². The number of rotatable bonds is 2. The fourth-order valence-corrected chi connectivity index (χ4v) is 2.85. The predicted molar refractivity (Wildman–Crippen MR) is 83.9 cm³/mol. The van der Waals surface area contributed by atoms with Gasteiger partial charge in [0.1, 0.15) is 6.79 Å². The highest BCUT2D eigenvalue weighted by Gasteiger charge is 1.95. The summed E-state index contributed by atoms with van der Waals surface area (Å²) >= 11 is 3.54. The molecule has 2 aromatic rings. The summed E-state index contributed by atoms with van der Waals surface area (Å²) in [5.41, 5.74) is 2.91. The monoisotopic (exact) mass is 282 g/mol. The van der Waals surface area contributed by atoms with E-state index in [1.807, 2.05) is 6.79 Å². The number of carbonyl (C=O) groups excluding carboxylic acids is 1. The van der Waals surface area contributed by atoms with E-state index in [2.05, 4.69) is 61.3 Å². The van der Waals surface area contributed by atoms with Crippen molar-refractivity contribution in [3.63, 3.8) is 0 Å². The van der Waals surface area contributed by atoms with Gasteiger partial charge in [-0.2, -0.15) is 22.7 Å². The SMILES string of the molecule is C=O.CC(C)c1ccsc1.CC(C)c1ccsc1. The first kappa shape index (κ1) is 17.1. The molecular weight excluding hydrogens is 260 g/mol. The molecule has 0 atom stereocenters. The van der Waals surface area contributed by atoms with Gasteiger partial charge in [-0.15, -0.1) is 0 Å². The van der Waals surface area contributed by atoms with E-state index >= 15 is 0 Å². The molecule has 2 rings (SSSR count). The predicted octanol–water partition coefficient (Wildman–Crippen LogP) is 5.56. The van der Waals surface area contributed by atoms with Gasteiger partial charge in [0.25, 0.3) is 0 Å². The molecule has 0 aliphatic heterocycles. The third kappa shape index (κ3) is 6.72. The quantitative estimate of drug-likeness (QED) is 0.705. The Morgan fingerprint density at radius 3 is 1.28 bits per heavy atom. The van der Waals surface area contributed by atoms with Crippen LogP contribution < -0.4 is 0 Å². The third-order valence-electron chi connectivity index (χ3n) is 2.42. The molecule has 0 saturated heterocycles. The first-order chi connectivity index (χ1) is 8.61.